The van der Waals surface area contributed by atoms with Crippen LogP contribution in [0.15, 0.2) is 0 Å². The molecule has 0 bridgehead atoms. The second-order valence-corrected chi connectivity index (χ2v) is 1.80. The molecule has 0 aromatic carbocycles. The fourth-order valence-electron chi connectivity index (χ4n) is 0. The Kier molecular flexibility index (Phi) is 23.2. The van der Waals surface area contributed by atoms with E-state index in [1.165, 1.54) is 0 Å². The zero-order chi connectivity index (χ0) is 4.50. The molecule has 0 saturated heterocycles. The molecule has 0 unspecified atom stereocenters. The molecule has 0 heterocycles. The number of rotatable bonds is 0. The minimum atomic E-state index is -4.61. The molecule has 0 fully saturated rings. The molecule has 8 heavy (non-hydrogen) atoms. The molecule has 0 saturated carbocycles. The van der Waals surface area contributed by atoms with Crippen molar-refractivity contribution in [3.8, 4) is 0 Å². The summed E-state index contributed by atoms with van der Waals surface area (Å²) < 4.78 is 0. The Morgan fingerprint density at radius 3 is 0.750 bits per heavy atom. The van der Waals surface area contributed by atoms with Crippen LogP contribution in [0.4, 0.5) is 0 Å². The fraction of sp³-hybridized carbons (Fsp3) is 0. The normalized spacial score (nSPS) is 7.50. The van der Waals surface area contributed by atoms with Crippen LogP contribution in [-0.2, 0) is 0 Å². The van der Waals surface area contributed by atoms with Crippen molar-refractivity contribution in [1.82, 2.24) is 0 Å². The van der Waals surface area contributed by atoms with Crippen molar-refractivity contribution in [3.05, 3.63) is 0 Å². The summed E-state index contributed by atoms with van der Waals surface area (Å²) in [5.41, 5.74) is 0. The molecule has 0 aliphatic rings. The summed E-state index contributed by atoms with van der Waals surface area (Å²) in [5.74, 6) is 0. The van der Waals surface area contributed by atoms with E-state index in [1.54, 1.807) is 0 Å². The fourth-order valence-corrected chi connectivity index (χ4v) is 0. The average Bonchev–Trinajstić information content (AvgIpc) is 0.722. The van der Waals surface area contributed by atoms with E-state index >= 15 is 0 Å². The van der Waals surface area contributed by atoms with Crippen LogP contribution < -0.4 is 18.9 Å². The van der Waals surface area contributed by atoms with E-state index in [2.05, 4.69) is 0 Å². The molecule has 0 aliphatic heterocycles. The first kappa shape index (κ1) is 23.0. The Labute approximate surface area is 69.3 Å². The molecule has 0 radical (unpaired) electrons. The van der Waals surface area contributed by atoms with Gasteiger partial charge in [0.2, 0.25) is 0 Å². The van der Waals surface area contributed by atoms with Gasteiger partial charge in [-0.3, -0.25) is 0 Å². The van der Waals surface area contributed by atoms with Crippen molar-refractivity contribution in [2.45, 2.75) is 0 Å². The summed E-state index contributed by atoms with van der Waals surface area (Å²) in [4.78, 5) is 29.3. The molecule has 0 aromatic heterocycles. The van der Waals surface area contributed by atoms with Gasteiger partial charge in [0.1, 0.15) is 0 Å². The van der Waals surface area contributed by atoms with E-state index in [1.807, 2.05) is 0 Å². The molecule has 0 atom stereocenters. The van der Waals surface area contributed by atoms with Crippen LogP contribution in [0.25, 0.3) is 0 Å². The zero-order valence-electron chi connectivity index (χ0n) is 4.29. The molecule has 4 nitrogen and oxygen atoms in total. The second kappa shape index (κ2) is 8.09. The van der Waals surface area contributed by atoms with E-state index in [4.69, 9.17) is 19.2 Å². The van der Waals surface area contributed by atoms with Crippen LogP contribution in [0, 0.1) is 0 Å². The summed E-state index contributed by atoms with van der Waals surface area (Å²) in [6.45, 7) is 0. The molecule has 0 amide bonds. The van der Waals surface area contributed by atoms with Crippen molar-refractivity contribution < 1.29 is 38.0 Å². The summed E-state index contributed by atoms with van der Waals surface area (Å²) in [6.07, 6.45) is 0. The summed E-state index contributed by atoms with van der Waals surface area (Å²) in [5, 5.41) is 0. The topological polar surface area (TPSA) is 80.9 Å². The van der Waals surface area contributed by atoms with Crippen LogP contribution in [0.5, 0.6) is 0 Å². The van der Waals surface area contributed by atoms with Gasteiger partial charge in [-0.15, -0.1) is 0 Å². The first-order chi connectivity index (χ1) is 2.00. The van der Waals surface area contributed by atoms with Crippen molar-refractivity contribution in [1.29, 1.82) is 0 Å². The van der Waals surface area contributed by atoms with Gasteiger partial charge in [0.05, 0.1) is 0 Å². The van der Waals surface area contributed by atoms with Crippen LogP contribution in [0.1, 0.15) is 0 Å². The third-order valence-electron chi connectivity index (χ3n) is 0. The predicted molar refractivity (Wildman–Crippen MR) is 26.1 cm³/mol. The maximum Gasteiger partial charge on any atom is 4.00 e. The van der Waals surface area contributed by atoms with Gasteiger partial charge in [-0.2, -0.15) is 0 Å². The maximum absolute atomic E-state index is 7.33. The minimum Gasteiger partial charge on any atom is -0.368 e. The minimum absolute atomic E-state index is 0. The molecular weight excluding hydrogens is 155 g/mol. The predicted octanol–water partition coefficient (Wildman–Crippen LogP) is -6.37. The van der Waals surface area contributed by atoms with Crippen molar-refractivity contribution in [2.75, 3.05) is 0 Å². The van der Waals surface area contributed by atoms with Gasteiger partial charge in [0, 0.05) is 0 Å². The molecule has 4 N–H and O–H groups in total. The van der Waals surface area contributed by atoms with Crippen molar-refractivity contribution >= 4 is 31.0 Å². The Morgan fingerprint density at radius 1 is 0.750 bits per heavy atom. The Morgan fingerprint density at radius 2 is 0.750 bits per heavy atom. The first-order valence-electron chi connectivity index (χ1n) is 0.894. The second-order valence-electron chi connectivity index (χ2n) is 0.600. The number of hydrogen-bond donors (Lipinski definition) is 4. The van der Waals surface area contributed by atoms with Gasteiger partial charge in [-0.1, -0.05) is 0 Å². The molecule has 0 aromatic rings. The van der Waals surface area contributed by atoms with Gasteiger partial charge < -0.3 is 19.2 Å². The number of hydrogen-bond acceptors (Lipinski definition) is 4. The summed E-state index contributed by atoms with van der Waals surface area (Å²) >= 11 is 0. The maximum atomic E-state index is 7.33. The van der Waals surface area contributed by atoms with Crippen LogP contribution in [0.3, 0.4) is 0 Å². The first-order valence-corrected chi connectivity index (χ1v) is 2.68. The quantitative estimate of drug-likeness (QED) is 0.265. The monoisotopic (exact) mass is 159 g/mol. The molecule has 32 valence electrons. The third kappa shape index (κ3) is 222. The van der Waals surface area contributed by atoms with E-state index in [9.17, 15) is 0 Å². The standard InChI is InChI=1S/Li.H4O4Si.2Si/c;1-5(2,3)4;;/h;1-4H;;/q+1;;2*+4. The average molecular weight is 159 g/mol. The van der Waals surface area contributed by atoms with Gasteiger partial charge in [0.25, 0.3) is 0 Å². The smallest absolute Gasteiger partial charge is 0.368 e. The molecule has 0 rings (SSSR count). The van der Waals surface area contributed by atoms with E-state index in [0.717, 1.165) is 0 Å². The summed E-state index contributed by atoms with van der Waals surface area (Å²) in [7, 11) is -4.61. The van der Waals surface area contributed by atoms with E-state index < -0.39 is 9.05 Å². The molecular formula is H4LiO4Si3+9. The third-order valence-corrected chi connectivity index (χ3v) is 0. The van der Waals surface area contributed by atoms with E-state index in [0.29, 0.717) is 0 Å². The summed E-state index contributed by atoms with van der Waals surface area (Å²) in [6, 6.07) is 0. The van der Waals surface area contributed by atoms with Crippen molar-refractivity contribution in [3.63, 3.8) is 0 Å². The van der Waals surface area contributed by atoms with Crippen LogP contribution >= 0.6 is 0 Å². The Hall–Kier alpha value is 1.09. The Bertz CT molecular complexity index is 26.8. The molecule has 8 heteroatoms. The Balaban J connectivity index is -0.0000000267. The van der Waals surface area contributed by atoms with Crippen molar-refractivity contribution in [2.24, 2.45) is 0 Å². The van der Waals surface area contributed by atoms with Gasteiger partial charge in [-0.05, 0) is 0 Å². The SMILES string of the molecule is O[Si](O)(O)O.[Li+].[Si+4].[Si+4]. The zero-order valence-corrected chi connectivity index (χ0v) is 7.29. The van der Waals surface area contributed by atoms with Crippen LogP contribution in [-0.4, -0.2) is 50.2 Å². The van der Waals surface area contributed by atoms with Gasteiger partial charge in [-0.25, -0.2) is 0 Å². The molecule has 0 spiro atoms. The van der Waals surface area contributed by atoms with E-state index in [-0.39, 0.29) is 40.8 Å². The van der Waals surface area contributed by atoms with Crippen LogP contribution in [0.2, 0.25) is 0 Å². The van der Waals surface area contributed by atoms with Gasteiger partial charge in [0.15, 0.2) is 0 Å². The largest absolute Gasteiger partial charge is 4.00 e. The molecule has 0 aliphatic carbocycles. The van der Waals surface area contributed by atoms with Gasteiger partial charge >= 0.3 is 49.8 Å².